The SMILES string of the molecule is CC(C(N)=O)C(=O)N(O)CC(F)(F)C(F)(F)F. The molecule has 1 atom stereocenters. The van der Waals surface area contributed by atoms with Crippen molar-refractivity contribution in [3.8, 4) is 0 Å². The third-order valence-corrected chi connectivity index (χ3v) is 1.81. The molecule has 0 bridgehead atoms. The molecule has 0 saturated carbocycles. The van der Waals surface area contributed by atoms with Crippen LogP contribution in [0.3, 0.4) is 0 Å². The van der Waals surface area contributed by atoms with E-state index in [1.807, 2.05) is 0 Å². The van der Waals surface area contributed by atoms with Gasteiger partial charge in [0.25, 0.3) is 5.91 Å². The molecule has 0 spiro atoms. The molecular formula is C7H9F5N2O3. The Labute approximate surface area is 91.9 Å². The van der Waals surface area contributed by atoms with Gasteiger partial charge in [-0.2, -0.15) is 22.0 Å². The van der Waals surface area contributed by atoms with Gasteiger partial charge in [-0.25, -0.2) is 5.06 Å². The minimum atomic E-state index is -5.91. The molecule has 0 saturated heterocycles. The van der Waals surface area contributed by atoms with Crippen LogP contribution in [0.5, 0.6) is 0 Å². The number of amides is 2. The molecule has 2 amide bonds. The lowest BCUT2D eigenvalue weighted by molar-refractivity contribution is -0.300. The van der Waals surface area contributed by atoms with Gasteiger partial charge in [0.2, 0.25) is 5.91 Å². The lowest BCUT2D eigenvalue weighted by atomic mass is 10.1. The lowest BCUT2D eigenvalue weighted by Crippen LogP contribution is -2.50. The van der Waals surface area contributed by atoms with Crippen molar-refractivity contribution in [1.82, 2.24) is 5.06 Å². The van der Waals surface area contributed by atoms with E-state index in [2.05, 4.69) is 5.73 Å². The number of hydrogen-bond acceptors (Lipinski definition) is 3. The second-order valence-electron chi connectivity index (χ2n) is 3.22. The number of carbonyl (C=O) groups excluding carboxylic acids is 2. The molecule has 10 heteroatoms. The van der Waals surface area contributed by atoms with Crippen LogP contribution in [0.2, 0.25) is 0 Å². The van der Waals surface area contributed by atoms with Crippen LogP contribution in [0, 0.1) is 5.92 Å². The Kier molecular flexibility index (Phi) is 4.41. The molecule has 0 rings (SSSR count). The number of rotatable bonds is 4. The number of alkyl halides is 5. The molecule has 0 aromatic carbocycles. The van der Waals surface area contributed by atoms with E-state index >= 15 is 0 Å². The maximum absolute atomic E-state index is 12.4. The van der Waals surface area contributed by atoms with E-state index in [1.54, 1.807) is 0 Å². The van der Waals surface area contributed by atoms with Crippen LogP contribution in [0.1, 0.15) is 6.92 Å². The maximum Gasteiger partial charge on any atom is 0.455 e. The largest absolute Gasteiger partial charge is 0.455 e. The summed E-state index contributed by atoms with van der Waals surface area (Å²) >= 11 is 0. The first-order valence-corrected chi connectivity index (χ1v) is 4.14. The van der Waals surface area contributed by atoms with E-state index in [0.717, 1.165) is 6.92 Å². The fourth-order valence-electron chi connectivity index (χ4n) is 0.701. The maximum atomic E-state index is 12.4. The first-order valence-electron chi connectivity index (χ1n) is 4.14. The molecule has 0 aliphatic heterocycles. The smallest absolute Gasteiger partial charge is 0.369 e. The molecule has 0 aromatic rings. The molecule has 0 aliphatic rings. The number of halogens is 5. The van der Waals surface area contributed by atoms with Crippen LogP contribution in [-0.4, -0.2) is 40.7 Å². The van der Waals surface area contributed by atoms with E-state index in [9.17, 15) is 31.5 Å². The molecular weight excluding hydrogens is 255 g/mol. The zero-order valence-electron chi connectivity index (χ0n) is 8.46. The van der Waals surface area contributed by atoms with Gasteiger partial charge in [-0.3, -0.25) is 14.8 Å². The third-order valence-electron chi connectivity index (χ3n) is 1.81. The first kappa shape index (κ1) is 15.5. The average molecular weight is 264 g/mol. The van der Waals surface area contributed by atoms with Crippen LogP contribution < -0.4 is 5.73 Å². The van der Waals surface area contributed by atoms with Crippen molar-refractivity contribution in [3.05, 3.63) is 0 Å². The van der Waals surface area contributed by atoms with Crippen LogP contribution >= 0.6 is 0 Å². The third kappa shape index (κ3) is 3.80. The monoisotopic (exact) mass is 264 g/mol. The molecule has 1 unspecified atom stereocenters. The van der Waals surface area contributed by atoms with Gasteiger partial charge >= 0.3 is 12.1 Å². The summed E-state index contributed by atoms with van der Waals surface area (Å²) in [5.74, 6) is -9.88. The van der Waals surface area contributed by atoms with Gasteiger partial charge in [-0.15, -0.1) is 0 Å². The Morgan fingerprint density at radius 1 is 1.29 bits per heavy atom. The summed E-state index contributed by atoms with van der Waals surface area (Å²) in [5.41, 5.74) is 4.62. The average Bonchev–Trinajstić information content (AvgIpc) is 2.12. The van der Waals surface area contributed by atoms with Crippen molar-refractivity contribution in [3.63, 3.8) is 0 Å². The summed E-state index contributed by atoms with van der Waals surface area (Å²) in [6, 6.07) is 0. The van der Waals surface area contributed by atoms with Crippen LogP contribution in [-0.2, 0) is 9.59 Å². The summed E-state index contributed by atoms with van der Waals surface area (Å²) < 4.78 is 60.0. The molecule has 0 radical (unpaired) electrons. The van der Waals surface area contributed by atoms with Crippen molar-refractivity contribution in [2.45, 2.75) is 19.0 Å². The summed E-state index contributed by atoms with van der Waals surface area (Å²) in [5, 5.41) is 7.86. The van der Waals surface area contributed by atoms with E-state index in [-0.39, 0.29) is 0 Å². The summed E-state index contributed by atoms with van der Waals surface area (Å²) in [6.07, 6.45) is -5.91. The van der Waals surface area contributed by atoms with Crippen LogP contribution in [0.15, 0.2) is 0 Å². The van der Waals surface area contributed by atoms with E-state index < -0.39 is 41.4 Å². The topological polar surface area (TPSA) is 83.6 Å². The first-order chi connectivity index (χ1) is 7.40. The van der Waals surface area contributed by atoms with Crippen molar-refractivity contribution in [2.75, 3.05) is 6.54 Å². The highest BCUT2D eigenvalue weighted by Crippen LogP contribution is 2.35. The van der Waals surface area contributed by atoms with Gasteiger partial charge in [0, 0.05) is 0 Å². The Balaban J connectivity index is 4.72. The Hall–Kier alpha value is -1.45. The van der Waals surface area contributed by atoms with Gasteiger partial charge in [-0.05, 0) is 6.92 Å². The van der Waals surface area contributed by atoms with Crippen molar-refractivity contribution in [2.24, 2.45) is 11.7 Å². The number of hydrogen-bond donors (Lipinski definition) is 2. The number of primary amides is 1. The number of nitrogens with zero attached hydrogens (tertiary/aromatic N) is 1. The Morgan fingerprint density at radius 3 is 2.00 bits per heavy atom. The molecule has 17 heavy (non-hydrogen) atoms. The molecule has 3 N–H and O–H groups in total. The highest BCUT2D eigenvalue weighted by molar-refractivity contribution is 5.98. The van der Waals surface area contributed by atoms with Crippen molar-refractivity contribution >= 4 is 11.8 Å². The molecule has 0 fully saturated rings. The number of nitrogens with two attached hydrogens (primary N) is 1. The summed E-state index contributed by atoms with van der Waals surface area (Å²) in [7, 11) is 0. The minimum absolute atomic E-state index is 0.861. The minimum Gasteiger partial charge on any atom is -0.369 e. The predicted molar refractivity (Wildman–Crippen MR) is 42.9 cm³/mol. The van der Waals surface area contributed by atoms with Gasteiger partial charge in [0.15, 0.2) is 0 Å². The van der Waals surface area contributed by atoms with E-state index in [1.165, 1.54) is 0 Å². The Morgan fingerprint density at radius 2 is 1.71 bits per heavy atom. The second-order valence-corrected chi connectivity index (χ2v) is 3.22. The highest BCUT2D eigenvalue weighted by atomic mass is 19.4. The van der Waals surface area contributed by atoms with Gasteiger partial charge in [-0.1, -0.05) is 0 Å². The van der Waals surface area contributed by atoms with Crippen molar-refractivity contribution < 1.29 is 36.7 Å². The normalized spacial score (nSPS) is 14.3. The quantitative estimate of drug-likeness (QED) is 0.336. The lowest BCUT2D eigenvalue weighted by Gasteiger charge is -2.25. The fraction of sp³-hybridized carbons (Fsp3) is 0.714. The number of hydroxylamine groups is 2. The number of carbonyl (C=O) groups is 2. The summed E-state index contributed by atoms with van der Waals surface area (Å²) in [6.45, 7) is -1.44. The Bertz CT molecular complexity index is 317. The molecule has 5 nitrogen and oxygen atoms in total. The fourth-order valence-corrected chi connectivity index (χ4v) is 0.701. The second kappa shape index (κ2) is 4.82. The highest BCUT2D eigenvalue weighted by Gasteiger charge is 2.58. The van der Waals surface area contributed by atoms with Crippen LogP contribution in [0.4, 0.5) is 22.0 Å². The van der Waals surface area contributed by atoms with E-state index in [4.69, 9.17) is 5.21 Å². The molecule has 0 aromatic heterocycles. The molecule has 0 heterocycles. The van der Waals surface area contributed by atoms with Crippen LogP contribution in [0.25, 0.3) is 0 Å². The zero-order chi connectivity index (χ0) is 14.0. The van der Waals surface area contributed by atoms with Gasteiger partial charge in [0.05, 0.1) is 0 Å². The van der Waals surface area contributed by atoms with Crippen molar-refractivity contribution in [1.29, 1.82) is 0 Å². The van der Waals surface area contributed by atoms with Gasteiger partial charge < -0.3 is 5.73 Å². The molecule has 100 valence electrons. The molecule has 0 aliphatic carbocycles. The predicted octanol–water partition coefficient (Wildman–Crippen LogP) is 0.523. The van der Waals surface area contributed by atoms with E-state index in [0.29, 0.717) is 0 Å². The standard InChI is InChI=1S/C7H9F5N2O3/c1-3(4(13)15)5(16)14(17)2-6(8,9)7(10,11)12/h3,17H,2H2,1H3,(H2,13,15). The summed E-state index contributed by atoms with van der Waals surface area (Å²) in [4.78, 5) is 21.4. The van der Waals surface area contributed by atoms with Gasteiger partial charge in [0.1, 0.15) is 12.5 Å². The zero-order valence-corrected chi connectivity index (χ0v) is 8.46.